The fraction of sp³-hybridized carbons (Fsp3) is 0.444. The smallest absolute Gasteiger partial charge is 0.407 e. The number of benzene rings is 2. The van der Waals surface area contributed by atoms with Crippen LogP contribution in [-0.4, -0.2) is 54.2 Å². The number of fused-ring (bicyclic) bond motifs is 3. The number of carboxylic acids is 1. The highest BCUT2D eigenvalue weighted by molar-refractivity contribution is 5.79. The molecule has 0 saturated heterocycles. The molecule has 3 rings (SSSR count). The van der Waals surface area contributed by atoms with E-state index >= 15 is 0 Å². The number of aliphatic carboxylic acids is 1. The van der Waals surface area contributed by atoms with Crippen LogP contribution in [0.4, 0.5) is 4.79 Å². The standard InChI is InChI=1S/C27H34N2O5/c1-18(2)24(16-25(30)29(3)15-9-8-14-26(31)32)28-27(33)34-17-23-21-12-6-4-10-19(21)20-11-5-7-13-22(20)23/h4-7,10-13,18,23-24H,8-9,14-17H2,1-3H3,(H,28,33)(H,31,32)/t24-/m1/s1. The van der Waals surface area contributed by atoms with Crippen molar-refractivity contribution in [2.75, 3.05) is 20.2 Å². The Morgan fingerprint density at radius 3 is 2.15 bits per heavy atom. The van der Waals surface area contributed by atoms with E-state index in [4.69, 9.17) is 9.84 Å². The molecule has 2 aromatic rings. The molecule has 1 atom stereocenters. The predicted molar refractivity (Wildman–Crippen MR) is 131 cm³/mol. The van der Waals surface area contributed by atoms with Crippen LogP contribution in [0, 0.1) is 5.92 Å². The zero-order valence-corrected chi connectivity index (χ0v) is 20.1. The number of unbranched alkanes of at least 4 members (excludes halogenated alkanes) is 1. The normalized spacial score (nSPS) is 13.2. The average molecular weight is 467 g/mol. The summed E-state index contributed by atoms with van der Waals surface area (Å²) in [5.74, 6) is -0.895. The van der Waals surface area contributed by atoms with Crippen molar-refractivity contribution < 1.29 is 24.2 Å². The van der Waals surface area contributed by atoms with E-state index in [2.05, 4.69) is 29.6 Å². The van der Waals surface area contributed by atoms with Crippen molar-refractivity contribution >= 4 is 18.0 Å². The molecule has 2 N–H and O–H groups in total. The Morgan fingerprint density at radius 1 is 1.00 bits per heavy atom. The molecule has 2 amide bonds. The number of carbonyl (C=O) groups is 3. The summed E-state index contributed by atoms with van der Waals surface area (Å²) in [7, 11) is 1.70. The lowest BCUT2D eigenvalue weighted by Gasteiger charge is -2.25. The summed E-state index contributed by atoms with van der Waals surface area (Å²) in [5, 5.41) is 11.6. The van der Waals surface area contributed by atoms with Gasteiger partial charge in [0.25, 0.3) is 0 Å². The van der Waals surface area contributed by atoms with Gasteiger partial charge >= 0.3 is 12.1 Å². The SMILES string of the molecule is CC(C)[C@@H](CC(=O)N(C)CCCCC(=O)O)NC(=O)OCC1c2ccccc2-c2ccccc21. The number of alkyl carbamates (subject to hydrolysis) is 1. The van der Waals surface area contributed by atoms with Crippen LogP contribution in [0.5, 0.6) is 0 Å². The zero-order valence-electron chi connectivity index (χ0n) is 20.1. The Balaban J connectivity index is 1.53. The van der Waals surface area contributed by atoms with E-state index in [0.29, 0.717) is 19.4 Å². The molecule has 7 nitrogen and oxygen atoms in total. The summed E-state index contributed by atoms with van der Waals surface area (Å²) in [6.07, 6.45) is 0.883. The van der Waals surface area contributed by atoms with Gasteiger partial charge in [0.1, 0.15) is 6.61 Å². The Kier molecular flexibility index (Phi) is 8.68. The van der Waals surface area contributed by atoms with Crippen molar-refractivity contribution in [3.05, 3.63) is 59.7 Å². The fourth-order valence-electron chi connectivity index (χ4n) is 4.34. The van der Waals surface area contributed by atoms with Crippen LogP contribution in [0.1, 0.15) is 56.6 Å². The third kappa shape index (κ3) is 6.37. The molecule has 0 aromatic heterocycles. The maximum absolute atomic E-state index is 12.7. The second-order valence-corrected chi connectivity index (χ2v) is 9.19. The lowest BCUT2D eigenvalue weighted by molar-refractivity contribution is -0.137. The molecule has 0 saturated carbocycles. The molecule has 0 radical (unpaired) electrons. The topological polar surface area (TPSA) is 95.9 Å². The van der Waals surface area contributed by atoms with Gasteiger partial charge in [-0.1, -0.05) is 62.4 Å². The monoisotopic (exact) mass is 466 g/mol. The number of carbonyl (C=O) groups excluding carboxylic acids is 2. The molecule has 0 heterocycles. The molecule has 7 heteroatoms. The minimum Gasteiger partial charge on any atom is -0.481 e. The van der Waals surface area contributed by atoms with Crippen LogP contribution < -0.4 is 5.32 Å². The van der Waals surface area contributed by atoms with Crippen molar-refractivity contribution in [2.45, 2.75) is 51.5 Å². The molecule has 1 aliphatic rings. The summed E-state index contributed by atoms with van der Waals surface area (Å²) in [6.45, 7) is 4.62. The summed E-state index contributed by atoms with van der Waals surface area (Å²) in [6, 6.07) is 16.0. The third-order valence-electron chi connectivity index (χ3n) is 6.41. The molecule has 1 aliphatic carbocycles. The van der Waals surface area contributed by atoms with Gasteiger partial charge < -0.3 is 20.1 Å². The number of nitrogens with zero attached hydrogens (tertiary/aromatic N) is 1. The molecule has 34 heavy (non-hydrogen) atoms. The van der Waals surface area contributed by atoms with E-state index in [1.165, 1.54) is 11.1 Å². The number of nitrogens with one attached hydrogen (secondary N) is 1. The Morgan fingerprint density at radius 2 is 1.59 bits per heavy atom. The van der Waals surface area contributed by atoms with E-state index in [0.717, 1.165) is 11.1 Å². The van der Waals surface area contributed by atoms with Gasteiger partial charge in [0.2, 0.25) is 5.91 Å². The van der Waals surface area contributed by atoms with Crippen LogP contribution in [0.15, 0.2) is 48.5 Å². The quantitative estimate of drug-likeness (QED) is 0.470. The third-order valence-corrected chi connectivity index (χ3v) is 6.41. The molecule has 0 spiro atoms. The number of rotatable bonds is 11. The number of hydrogen-bond donors (Lipinski definition) is 2. The van der Waals surface area contributed by atoms with E-state index < -0.39 is 12.1 Å². The second-order valence-electron chi connectivity index (χ2n) is 9.19. The highest BCUT2D eigenvalue weighted by Gasteiger charge is 2.29. The maximum Gasteiger partial charge on any atom is 0.407 e. The molecular weight excluding hydrogens is 432 g/mol. The first-order valence-electron chi connectivity index (χ1n) is 11.8. The van der Waals surface area contributed by atoms with E-state index in [1.807, 2.05) is 38.1 Å². The van der Waals surface area contributed by atoms with Crippen molar-refractivity contribution in [1.29, 1.82) is 0 Å². The van der Waals surface area contributed by atoms with Crippen LogP contribution in [0.2, 0.25) is 0 Å². The van der Waals surface area contributed by atoms with Gasteiger partial charge in [-0.05, 0) is 41.0 Å². The summed E-state index contributed by atoms with van der Waals surface area (Å²) >= 11 is 0. The Labute approximate surface area is 201 Å². The van der Waals surface area contributed by atoms with Crippen molar-refractivity contribution in [3.8, 4) is 11.1 Å². The van der Waals surface area contributed by atoms with E-state index in [-0.39, 0.29) is 43.2 Å². The number of ether oxygens (including phenoxy) is 1. The van der Waals surface area contributed by atoms with Gasteiger partial charge in [-0.15, -0.1) is 0 Å². The lowest BCUT2D eigenvalue weighted by atomic mass is 9.98. The first-order chi connectivity index (χ1) is 16.3. The first kappa shape index (κ1) is 25.3. The van der Waals surface area contributed by atoms with Crippen molar-refractivity contribution in [2.24, 2.45) is 5.92 Å². The number of amides is 2. The maximum atomic E-state index is 12.7. The van der Waals surface area contributed by atoms with Gasteiger partial charge in [-0.25, -0.2) is 4.79 Å². The van der Waals surface area contributed by atoms with Crippen LogP contribution in [0.25, 0.3) is 11.1 Å². The fourth-order valence-corrected chi connectivity index (χ4v) is 4.34. The molecule has 0 aliphatic heterocycles. The molecule has 182 valence electrons. The van der Waals surface area contributed by atoms with Crippen LogP contribution in [-0.2, 0) is 14.3 Å². The van der Waals surface area contributed by atoms with Gasteiger partial charge in [-0.2, -0.15) is 0 Å². The summed E-state index contributed by atoms with van der Waals surface area (Å²) in [4.78, 5) is 37.5. The molecule has 0 bridgehead atoms. The number of hydrogen-bond acceptors (Lipinski definition) is 4. The Bertz CT molecular complexity index is 974. The highest BCUT2D eigenvalue weighted by atomic mass is 16.5. The minimum atomic E-state index is -0.832. The van der Waals surface area contributed by atoms with Gasteiger partial charge in [0, 0.05) is 38.4 Å². The van der Waals surface area contributed by atoms with E-state index in [1.54, 1.807) is 11.9 Å². The average Bonchev–Trinajstić information content (AvgIpc) is 3.13. The first-order valence-corrected chi connectivity index (χ1v) is 11.8. The lowest BCUT2D eigenvalue weighted by Crippen LogP contribution is -2.43. The van der Waals surface area contributed by atoms with Gasteiger partial charge in [0.15, 0.2) is 0 Å². The van der Waals surface area contributed by atoms with E-state index in [9.17, 15) is 14.4 Å². The summed E-state index contributed by atoms with van der Waals surface area (Å²) < 4.78 is 5.63. The molecule has 2 aromatic carbocycles. The highest BCUT2D eigenvalue weighted by Crippen LogP contribution is 2.44. The zero-order chi connectivity index (χ0) is 24.7. The number of carboxylic acid groups (broad SMARTS) is 1. The van der Waals surface area contributed by atoms with Crippen molar-refractivity contribution in [1.82, 2.24) is 10.2 Å². The van der Waals surface area contributed by atoms with Gasteiger partial charge in [-0.3, -0.25) is 9.59 Å². The second kappa shape index (κ2) is 11.7. The Hall–Kier alpha value is -3.35. The molecule has 0 fully saturated rings. The molecule has 0 unspecified atom stereocenters. The largest absolute Gasteiger partial charge is 0.481 e. The minimum absolute atomic E-state index is 0.0192. The molecular formula is C27H34N2O5. The van der Waals surface area contributed by atoms with Crippen LogP contribution in [0.3, 0.4) is 0 Å². The van der Waals surface area contributed by atoms with Gasteiger partial charge in [0.05, 0.1) is 0 Å². The van der Waals surface area contributed by atoms with Crippen molar-refractivity contribution in [3.63, 3.8) is 0 Å². The van der Waals surface area contributed by atoms with Crippen LogP contribution >= 0.6 is 0 Å². The summed E-state index contributed by atoms with van der Waals surface area (Å²) in [5.41, 5.74) is 4.64. The predicted octanol–water partition coefficient (Wildman–Crippen LogP) is 4.65.